The Kier molecular flexibility index (Phi) is 6.39. The van der Waals surface area contributed by atoms with Crippen molar-refractivity contribution < 1.29 is 0 Å². The Bertz CT molecular complexity index is 444. The third kappa shape index (κ3) is 4.03. The van der Waals surface area contributed by atoms with Gasteiger partial charge in [0.25, 0.3) is 0 Å². The van der Waals surface area contributed by atoms with Crippen LogP contribution in [0.4, 0.5) is 5.69 Å². The molecule has 0 unspecified atom stereocenters. The minimum atomic E-state index is 0.357. The summed E-state index contributed by atoms with van der Waals surface area (Å²) >= 11 is 0. The summed E-state index contributed by atoms with van der Waals surface area (Å²) in [5.74, 6) is 0.714. The molecule has 3 nitrogen and oxygen atoms in total. The largest absolute Gasteiger partial charge is 0.398 e. The number of hydrogen-bond acceptors (Lipinski definition) is 3. The summed E-state index contributed by atoms with van der Waals surface area (Å²) in [6.45, 7) is 8.38. The van der Waals surface area contributed by atoms with E-state index < -0.39 is 0 Å². The molecule has 0 bridgehead atoms. The molecular weight excluding hydrogens is 222 g/mol. The molecule has 0 saturated carbocycles. The van der Waals surface area contributed by atoms with E-state index in [2.05, 4.69) is 45.9 Å². The van der Waals surface area contributed by atoms with Crippen LogP contribution in [0.25, 0.3) is 0 Å². The van der Waals surface area contributed by atoms with Gasteiger partial charge in [0.1, 0.15) is 0 Å². The van der Waals surface area contributed by atoms with E-state index in [9.17, 15) is 0 Å². The van der Waals surface area contributed by atoms with Gasteiger partial charge in [-0.25, -0.2) is 0 Å². The first-order chi connectivity index (χ1) is 8.38. The van der Waals surface area contributed by atoms with Gasteiger partial charge in [0.05, 0.1) is 11.6 Å². The van der Waals surface area contributed by atoms with Crippen molar-refractivity contribution in [3.05, 3.63) is 28.8 Å². The standard InChI is InChI=1S/C13H18N2.C2H3N/c1-8(2)11-5-10(7-14)6-12(9(3)4)13(11)15;1-2-3/h5-6,8-9H,15H2,1-4H3;1H,3H2. The SMILES string of the molecule is C#CN.CC(C)c1cc(C#N)cc(C(C)C)c1N. The Labute approximate surface area is 110 Å². The van der Waals surface area contributed by atoms with Gasteiger partial charge in [-0.1, -0.05) is 34.1 Å². The van der Waals surface area contributed by atoms with E-state index in [4.69, 9.17) is 11.0 Å². The Morgan fingerprint density at radius 3 is 1.67 bits per heavy atom. The fourth-order valence-corrected chi connectivity index (χ4v) is 1.72. The van der Waals surface area contributed by atoms with Gasteiger partial charge in [-0.05, 0) is 41.1 Å². The summed E-state index contributed by atoms with van der Waals surface area (Å²) in [7, 11) is 0. The first-order valence-electron chi connectivity index (χ1n) is 5.88. The highest BCUT2D eigenvalue weighted by Gasteiger charge is 2.12. The molecule has 1 aromatic rings. The van der Waals surface area contributed by atoms with E-state index >= 15 is 0 Å². The number of nitrogens with zero attached hydrogens (tertiary/aromatic N) is 1. The highest BCUT2D eigenvalue weighted by atomic mass is 14.6. The van der Waals surface area contributed by atoms with Crippen molar-refractivity contribution in [1.82, 2.24) is 0 Å². The quantitative estimate of drug-likeness (QED) is 0.476. The first kappa shape index (κ1) is 15.9. The molecule has 0 aliphatic rings. The summed E-state index contributed by atoms with van der Waals surface area (Å²) in [5.41, 5.74) is 14.2. The van der Waals surface area contributed by atoms with Crippen molar-refractivity contribution in [2.75, 3.05) is 5.73 Å². The van der Waals surface area contributed by atoms with Crippen LogP contribution in [-0.4, -0.2) is 0 Å². The van der Waals surface area contributed by atoms with Crippen LogP contribution in [0, 0.1) is 23.8 Å². The van der Waals surface area contributed by atoms with Crippen molar-refractivity contribution in [1.29, 1.82) is 5.26 Å². The van der Waals surface area contributed by atoms with Crippen molar-refractivity contribution in [3.63, 3.8) is 0 Å². The van der Waals surface area contributed by atoms with Crippen LogP contribution >= 0.6 is 0 Å². The predicted octanol–water partition coefficient (Wildman–Crippen LogP) is 2.92. The van der Waals surface area contributed by atoms with Crippen LogP contribution in [0.3, 0.4) is 0 Å². The molecule has 0 amide bonds. The molecule has 1 aromatic carbocycles. The molecule has 1 rings (SSSR count). The van der Waals surface area contributed by atoms with Gasteiger partial charge in [-0.15, -0.1) is 0 Å². The molecule has 18 heavy (non-hydrogen) atoms. The lowest BCUT2D eigenvalue weighted by Crippen LogP contribution is -2.04. The molecule has 96 valence electrons. The number of nitrogens with two attached hydrogens (primary N) is 2. The third-order valence-corrected chi connectivity index (χ3v) is 2.62. The van der Waals surface area contributed by atoms with Crippen LogP contribution < -0.4 is 11.5 Å². The average molecular weight is 243 g/mol. The van der Waals surface area contributed by atoms with E-state index in [0.29, 0.717) is 17.4 Å². The minimum Gasteiger partial charge on any atom is -0.398 e. The van der Waals surface area contributed by atoms with Crippen LogP contribution in [0.1, 0.15) is 56.2 Å². The molecule has 0 aliphatic carbocycles. The summed E-state index contributed by atoms with van der Waals surface area (Å²) in [5, 5.41) is 8.95. The highest BCUT2D eigenvalue weighted by molar-refractivity contribution is 5.59. The molecule has 0 spiro atoms. The Morgan fingerprint density at radius 1 is 1.11 bits per heavy atom. The molecule has 0 atom stereocenters. The van der Waals surface area contributed by atoms with Gasteiger partial charge >= 0.3 is 0 Å². The molecule has 4 N–H and O–H groups in total. The minimum absolute atomic E-state index is 0.357. The molecular formula is C15H21N3. The molecule has 3 heteroatoms. The molecule has 0 aliphatic heterocycles. The van der Waals surface area contributed by atoms with Crippen LogP contribution in [0.15, 0.2) is 12.1 Å². The number of nitrogen functional groups attached to an aromatic ring is 1. The molecule has 0 saturated heterocycles. The van der Waals surface area contributed by atoms with Crippen LogP contribution in [0.5, 0.6) is 0 Å². The first-order valence-corrected chi connectivity index (χ1v) is 5.88. The third-order valence-electron chi connectivity index (χ3n) is 2.62. The highest BCUT2D eigenvalue weighted by Crippen LogP contribution is 2.31. The molecule has 0 aromatic heterocycles. The van der Waals surface area contributed by atoms with Gasteiger partial charge in [-0.2, -0.15) is 5.26 Å². The van der Waals surface area contributed by atoms with Gasteiger partial charge in [0, 0.05) is 5.69 Å². The zero-order valence-corrected chi connectivity index (χ0v) is 11.5. The lowest BCUT2D eigenvalue weighted by Gasteiger charge is -2.16. The van der Waals surface area contributed by atoms with Gasteiger partial charge in [0.15, 0.2) is 0 Å². The maximum atomic E-state index is 8.95. The lowest BCUT2D eigenvalue weighted by atomic mass is 9.91. The Morgan fingerprint density at radius 2 is 1.44 bits per heavy atom. The predicted molar refractivity (Wildman–Crippen MR) is 76.8 cm³/mol. The van der Waals surface area contributed by atoms with E-state index in [-0.39, 0.29) is 0 Å². The summed E-state index contributed by atoms with van der Waals surface area (Å²) < 4.78 is 0. The second kappa shape index (κ2) is 7.25. The number of benzene rings is 1. The maximum Gasteiger partial charge on any atom is 0.0991 e. The second-order valence-electron chi connectivity index (χ2n) is 4.66. The fourth-order valence-electron chi connectivity index (χ4n) is 1.72. The monoisotopic (exact) mass is 243 g/mol. The normalized spacial score (nSPS) is 9.33. The zero-order valence-electron chi connectivity index (χ0n) is 11.5. The van der Waals surface area contributed by atoms with E-state index in [0.717, 1.165) is 16.8 Å². The number of anilines is 1. The van der Waals surface area contributed by atoms with Crippen molar-refractivity contribution in [3.8, 4) is 18.5 Å². The molecule has 0 radical (unpaired) electrons. The summed E-state index contributed by atoms with van der Waals surface area (Å²) in [6, 6.07) is 7.73. The topological polar surface area (TPSA) is 75.8 Å². The van der Waals surface area contributed by atoms with Crippen LogP contribution in [0.2, 0.25) is 0 Å². The average Bonchev–Trinajstić information content (AvgIpc) is 2.29. The van der Waals surface area contributed by atoms with Crippen LogP contribution in [-0.2, 0) is 0 Å². The fraction of sp³-hybridized carbons (Fsp3) is 0.400. The number of hydrogen-bond donors (Lipinski definition) is 2. The van der Waals surface area contributed by atoms with E-state index in [1.807, 2.05) is 12.1 Å². The number of nitriles is 1. The molecule has 0 heterocycles. The smallest absolute Gasteiger partial charge is 0.0991 e. The number of rotatable bonds is 2. The van der Waals surface area contributed by atoms with E-state index in [1.54, 1.807) is 6.04 Å². The maximum absolute atomic E-state index is 8.95. The van der Waals surface area contributed by atoms with Crippen molar-refractivity contribution in [2.24, 2.45) is 5.73 Å². The van der Waals surface area contributed by atoms with Gasteiger partial charge in [-0.3, -0.25) is 0 Å². The molecule has 0 fully saturated rings. The lowest BCUT2D eigenvalue weighted by molar-refractivity contribution is 0.838. The Hall–Kier alpha value is -2.13. The second-order valence-corrected chi connectivity index (χ2v) is 4.66. The zero-order chi connectivity index (χ0) is 14.3. The van der Waals surface area contributed by atoms with E-state index in [1.165, 1.54) is 0 Å². The summed E-state index contributed by atoms with van der Waals surface area (Å²) in [6.07, 6.45) is 4.38. The van der Waals surface area contributed by atoms with Crippen molar-refractivity contribution >= 4 is 5.69 Å². The van der Waals surface area contributed by atoms with Gasteiger partial charge < -0.3 is 11.5 Å². The van der Waals surface area contributed by atoms with Crippen molar-refractivity contribution in [2.45, 2.75) is 39.5 Å². The Balaban J connectivity index is 0.000000873. The number of terminal acetylenes is 1. The summed E-state index contributed by atoms with van der Waals surface area (Å²) in [4.78, 5) is 0. The van der Waals surface area contributed by atoms with Gasteiger partial charge in [0.2, 0.25) is 0 Å².